The van der Waals surface area contributed by atoms with Gasteiger partial charge < -0.3 is 15.0 Å². The van der Waals surface area contributed by atoms with E-state index in [4.69, 9.17) is 4.74 Å². The molecule has 0 atom stereocenters. The van der Waals surface area contributed by atoms with E-state index in [1.54, 1.807) is 12.1 Å². The number of hydrogen-bond acceptors (Lipinski definition) is 5. The number of fused-ring (bicyclic) bond motifs is 1. The van der Waals surface area contributed by atoms with E-state index >= 15 is 0 Å². The number of nitrogens with zero attached hydrogens (tertiary/aromatic N) is 2. The number of amides is 1. The van der Waals surface area contributed by atoms with Crippen LogP contribution in [0.1, 0.15) is 37.3 Å². The molecular weight excluding hydrogens is 414 g/mol. The van der Waals surface area contributed by atoms with Gasteiger partial charge >= 0.3 is 0 Å². The predicted molar refractivity (Wildman–Crippen MR) is 124 cm³/mol. The van der Waals surface area contributed by atoms with Crippen LogP contribution in [0, 0.1) is 0 Å². The quantitative estimate of drug-likeness (QED) is 0.706. The summed E-state index contributed by atoms with van der Waals surface area (Å²) >= 11 is 0. The summed E-state index contributed by atoms with van der Waals surface area (Å²) in [5, 5.41) is 2.83. The number of nitrogens with one attached hydrogen (secondary N) is 1. The highest BCUT2D eigenvalue weighted by atomic mass is 32.2. The highest BCUT2D eigenvalue weighted by Gasteiger charge is 2.24. The minimum atomic E-state index is -3.71. The van der Waals surface area contributed by atoms with Crippen molar-refractivity contribution in [3.05, 3.63) is 47.5 Å². The molecule has 2 aromatic carbocycles. The number of methoxy groups -OCH3 is 1. The maximum Gasteiger partial charge on any atom is 0.246 e. The Morgan fingerprint density at radius 1 is 1.19 bits per heavy atom. The number of hydrogen-bond donors (Lipinski definition) is 1. The van der Waals surface area contributed by atoms with Gasteiger partial charge in [-0.05, 0) is 54.2 Å². The summed E-state index contributed by atoms with van der Waals surface area (Å²) < 4.78 is 31.5. The van der Waals surface area contributed by atoms with Crippen LogP contribution >= 0.6 is 0 Å². The van der Waals surface area contributed by atoms with Crippen LogP contribution in [-0.4, -0.2) is 52.9 Å². The SMILES string of the molecule is COc1ccc(NC(=O)CN2CCCc3cc(C(C)C)ccc32)cc1S(=O)(=O)N(C)C. The molecule has 1 aliphatic rings. The van der Waals surface area contributed by atoms with Crippen LogP contribution in [0.2, 0.25) is 0 Å². The summed E-state index contributed by atoms with van der Waals surface area (Å²) in [4.78, 5) is 14.9. The summed E-state index contributed by atoms with van der Waals surface area (Å²) in [5.74, 6) is 0.503. The smallest absolute Gasteiger partial charge is 0.246 e. The van der Waals surface area contributed by atoms with Crippen LogP contribution in [0.4, 0.5) is 11.4 Å². The summed E-state index contributed by atoms with van der Waals surface area (Å²) in [7, 11) is 0.621. The average Bonchev–Trinajstić information content (AvgIpc) is 2.73. The van der Waals surface area contributed by atoms with Gasteiger partial charge in [0.2, 0.25) is 15.9 Å². The maximum atomic E-state index is 12.8. The third-order valence-corrected chi connectivity index (χ3v) is 7.36. The Labute approximate surface area is 185 Å². The highest BCUT2D eigenvalue weighted by Crippen LogP contribution is 2.31. The van der Waals surface area contributed by atoms with Crippen LogP contribution in [0.3, 0.4) is 0 Å². The fraction of sp³-hybridized carbons (Fsp3) is 0.435. The number of benzene rings is 2. The van der Waals surface area contributed by atoms with Crippen LogP contribution in [0.5, 0.6) is 5.75 Å². The molecule has 0 spiro atoms. The molecule has 168 valence electrons. The zero-order valence-electron chi connectivity index (χ0n) is 18.8. The van der Waals surface area contributed by atoms with Crippen molar-refractivity contribution in [1.29, 1.82) is 0 Å². The Balaban J connectivity index is 1.78. The fourth-order valence-electron chi connectivity index (χ4n) is 3.74. The Hall–Kier alpha value is -2.58. The fourth-order valence-corrected chi connectivity index (χ4v) is 4.82. The summed E-state index contributed by atoms with van der Waals surface area (Å²) in [6.45, 7) is 5.37. The second kappa shape index (κ2) is 9.28. The van der Waals surface area contributed by atoms with Gasteiger partial charge in [-0.25, -0.2) is 12.7 Å². The zero-order valence-corrected chi connectivity index (χ0v) is 19.6. The lowest BCUT2D eigenvalue weighted by Gasteiger charge is -2.31. The Bertz CT molecular complexity index is 1060. The van der Waals surface area contributed by atoms with Gasteiger partial charge in [0.1, 0.15) is 10.6 Å². The van der Waals surface area contributed by atoms with E-state index < -0.39 is 10.0 Å². The molecule has 31 heavy (non-hydrogen) atoms. The molecule has 3 rings (SSSR count). The van der Waals surface area contributed by atoms with Crippen molar-refractivity contribution in [2.45, 2.75) is 37.5 Å². The van der Waals surface area contributed by atoms with Gasteiger partial charge in [-0.2, -0.15) is 0 Å². The Morgan fingerprint density at radius 2 is 1.94 bits per heavy atom. The van der Waals surface area contributed by atoms with Crippen molar-refractivity contribution in [2.24, 2.45) is 0 Å². The number of carbonyl (C=O) groups excluding carboxylic acids is 1. The first-order valence-corrected chi connectivity index (χ1v) is 11.9. The molecule has 1 amide bonds. The normalized spacial score (nSPS) is 14.0. The summed E-state index contributed by atoms with van der Waals surface area (Å²) in [6.07, 6.45) is 2.01. The van der Waals surface area contributed by atoms with Crippen molar-refractivity contribution in [1.82, 2.24) is 4.31 Å². The largest absolute Gasteiger partial charge is 0.495 e. The topological polar surface area (TPSA) is 79.0 Å². The highest BCUT2D eigenvalue weighted by molar-refractivity contribution is 7.89. The third-order valence-electron chi connectivity index (χ3n) is 5.53. The van der Waals surface area contributed by atoms with Gasteiger partial charge in [0, 0.05) is 32.0 Å². The molecule has 7 nitrogen and oxygen atoms in total. The first-order chi connectivity index (χ1) is 14.6. The second-order valence-corrected chi connectivity index (χ2v) is 10.4. The third kappa shape index (κ3) is 5.02. The first kappa shape index (κ1) is 23.1. The molecule has 2 aromatic rings. The maximum absolute atomic E-state index is 12.8. The van der Waals surface area contributed by atoms with Gasteiger partial charge in [0.25, 0.3) is 0 Å². The zero-order chi connectivity index (χ0) is 22.8. The molecule has 0 fully saturated rings. The average molecular weight is 446 g/mol. The van der Waals surface area contributed by atoms with E-state index in [9.17, 15) is 13.2 Å². The Kier molecular flexibility index (Phi) is 6.91. The molecule has 0 aliphatic carbocycles. The second-order valence-electron chi connectivity index (χ2n) is 8.27. The first-order valence-electron chi connectivity index (χ1n) is 10.4. The van der Waals surface area contributed by atoms with Crippen molar-refractivity contribution < 1.29 is 17.9 Å². The molecule has 1 N–H and O–H groups in total. The molecule has 1 heterocycles. The lowest BCUT2D eigenvalue weighted by molar-refractivity contribution is -0.115. The van der Waals surface area contributed by atoms with Crippen molar-refractivity contribution in [3.63, 3.8) is 0 Å². The van der Waals surface area contributed by atoms with E-state index in [1.807, 2.05) is 0 Å². The number of sulfonamides is 1. The molecular formula is C23H31N3O4S. The molecule has 0 saturated carbocycles. The van der Waals surface area contributed by atoms with E-state index in [0.717, 1.165) is 29.4 Å². The molecule has 0 saturated heterocycles. The van der Waals surface area contributed by atoms with Gasteiger partial charge in [0.05, 0.1) is 13.7 Å². The van der Waals surface area contributed by atoms with E-state index in [0.29, 0.717) is 11.6 Å². The Morgan fingerprint density at radius 3 is 2.58 bits per heavy atom. The van der Waals surface area contributed by atoms with Crippen LogP contribution < -0.4 is 15.0 Å². The number of rotatable bonds is 7. The van der Waals surface area contributed by atoms with Gasteiger partial charge in [0.15, 0.2) is 0 Å². The lowest BCUT2D eigenvalue weighted by atomic mass is 9.95. The molecule has 0 unspecified atom stereocenters. The van der Waals surface area contributed by atoms with Crippen molar-refractivity contribution in [3.8, 4) is 5.75 Å². The molecule has 0 bridgehead atoms. The lowest BCUT2D eigenvalue weighted by Crippen LogP contribution is -2.36. The predicted octanol–water partition coefficient (Wildman–Crippen LogP) is 3.46. The number of anilines is 2. The van der Waals surface area contributed by atoms with Crippen molar-refractivity contribution in [2.75, 3.05) is 44.5 Å². The van der Waals surface area contributed by atoms with E-state index in [1.165, 1.54) is 38.4 Å². The summed E-state index contributed by atoms with van der Waals surface area (Å²) in [6, 6.07) is 11.1. The van der Waals surface area contributed by atoms with Gasteiger partial charge in [-0.3, -0.25) is 4.79 Å². The van der Waals surface area contributed by atoms with Crippen LogP contribution in [0.15, 0.2) is 41.3 Å². The van der Waals surface area contributed by atoms with Crippen molar-refractivity contribution >= 4 is 27.3 Å². The van der Waals surface area contributed by atoms with E-state index in [2.05, 4.69) is 42.3 Å². The molecule has 1 aliphatic heterocycles. The van der Waals surface area contributed by atoms with Crippen LogP contribution in [0.25, 0.3) is 0 Å². The molecule has 8 heteroatoms. The number of ether oxygens (including phenoxy) is 1. The van der Waals surface area contributed by atoms with Gasteiger partial charge in [-0.1, -0.05) is 26.0 Å². The van der Waals surface area contributed by atoms with E-state index in [-0.39, 0.29) is 23.1 Å². The van der Waals surface area contributed by atoms with Crippen LogP contribution in [-0.2, 0) is 21.2 Å². The molecule has 0 aromatic heterocycles. The molecule has 0 radical (unpaired) electrons. The minimum absolute atomic E-state index is 0.0160. The standard InChI is InChI=1S/C23H31N3O4S/c1-16(2)17-8-10-20-18(13-17)7-6-12-26(20)15-23(27)24-19-9-11-21(30-5)22(14-19)31(28,29)25(3)4/h8-11,13-14,16H,6-7,12,15H2,1-5H3,(H,24,27). The number of aryl methyl sites for hydroxylation is 1. The monoisotopic (exact) mass is 445 g/mol. The minimum Gasteiger partial charge on any atom is -0.495 e. The van der Waals surface area contributed by atoms with Gasteiger partial charge in [-0.15, -0.1) is 0 Å². The summed E-state index contributed by atoms with van der Waals surface area (Å²) in [5.41, 5.74) is 4.09. The number of carbonyl (C=O) groups is 1.